The van der Waals surface area contributed by atoms with Crippen LogP contribution in [-0.2, 0) is 17.8 Å². The maximum atomic E-state index is 13.0. The number of carbonyl (C=O) groups excluding carboxylic acids is 2. The van der Waals surface area contributed by atoms with Gasteiger partial charge in [0.05, 0.1) is 12.6 Å². The molecule has 0 aliphatic carbocycles. The molecule has 27 heavy (non-hydrogen) atoms. The fraction of sp³-hybridized carbons (Fsp3) is 0.421. The number of aromatic nitrogens is 2. The van der Waals surface area contributed by atoms with Crippen molar-refractivity contribution < 1.29 is 18.7 Å². The molecule has 2 aromatic rings. The van der Waals surface area contributed by atoms with Gasteiger partial charge >= 0.3 is 0 Å². The van der Waals surface area contributed by atoms with Crippen LogP contribution in [0.4, 0.5) is 4.39 Å². The molecule has 1 aromatic heterocycles. The van der Waals surface area contributed by atoms with Gasteiger partial charge in [-0.2, -0.15) is 5.10 Å². The Hall–Kier alpha value is -2.74. The summed E-state index contributed by atoms with van der Waals surface area (Å²) in [6, 6.07) is 7.62. The van der Waals surface area contributed by atoms with E-state index in [1.54, 1.807) is 21.7 Å². The highest BCUT2D eigenvalue weighted by Gasteiger charge is 2.28. The molecule has 0 saturated carbocycles. The van der Waals surface area contributed by atoms with E-state index in [4.69, 9.17) is 4.74 Å². The van der Waals surface area contributed by atoms with E-state index in [-0.39, 0.29) is 29.4 Å². The van der Waals surface area contributed by atoms with Crippen LogP contribution in [0, 0.1) is 5.82 Å². The van der Waals surface area contributed by atoms with Crippen molar-refractivity contribution in [2.24, 2.45) is 0 Å². The molecule has 1 N–H and O–H groups in total. The van der Waals surface area contributed by atoms with Crippen molar-refractivity contribution in [2.75, 3.05) is 19.7 Å². The monoisotopic (exact) mass is 372 g/mol. The van der Waals surface area contributed by atoms with Crippen LogP contribution >= 0.6 is 0 Å². The van der Waals surface area contributed by atoms with E-state index >= 15 is 0 Å². The maximum Gasteiger partial charge on any atom is 0.272 e. The summed E-state index contributed by atoms with van der Waals surface area (Å²) >= 11 is 0. The molecule has 3 heterocycles. The molecule has 7 nitrogen and oxygen atoms in total. The first kappa shape index (κ1) is 17.7. The Balaban J connectivity index is 1.41. The summed E-state index contributed by atoms with van der Waals surface area (Å²) < 4.78 is 20.1. The number of carbonyl (C=O) groups is 2. The van der Waals surface area contributed by atoms with Crippen molar-refractivity contribution >= 4 is 11.8 Å². The summed E-state index contributed by atoms with van der Waals surface area (Å²) in [6.07, 6.45) is 2.01. The average Bonchev–Trinajstić information content (AvgIpc) is 3.34. The van der Waals surface area contributed by atoms with Gasteiger partial charge in [0.1, 0.15) is 11.5 Å². The van der Waals surface area contributed by atoms with E-state index in [1.807, 2.05) is 0 Å². The Bertz CT molecular complexity index is 843. The normalized spacial score (nSPS) is 19.2. The van der Waals surface area contributed by atoms with Crippen LogP contribution in [0.3, 0.4) is 0 Å². The SMILES string of the molecule is O=C(NCC1CCCO1)c1cc2n(n1)CCN(Cc1ccc(F)cc1)C2=O. The van der Waals surface area contributed by atoms with E-state index in [2.05, 4.69) is 10.4 Å². The smallest absolute Gasteiger partial charge is 0.272 e. The van der Waals surface area contributed by atoms with E-state index in [9.17, 15) is 14.0 Å². The molecule has 1 atom stereocenters. The van der Waals surface area contributed by atoms with Gasteiger partial charge < -0.3 is 15.0 Å². The second kappa shape index (κ2) is 7.48. The van der Waals surface area contributed by atoms with Gasteiger partial charge in [-0.15, -0.1) is 0 Å². The van der Waals surface area contributed by atoms with Crippen LogP contribution < -0.4 is 5.32 Å². The molecule has 1 unspecified atom stereocenters. The zero-order chi connectivity index (χ0) is 18.8. The zero-order valence-electron chi connectivity index (χ0n) is 14.9. The summed E-state index contributed by atoms with van der Waals surface area (Å²) in [5.74, 6) is -0.790. The molecule has 1 aromatic carbocycles. The first-order chi connectivity index (χ1) is 13.1. The number of nitrogens with zero attached hydrogens (tertiary/aromatic N) is 3. The van der Waals surface area contributed by atoms with E-state index in [0.717, 1.165) is 25.0 Å². The molecule has 0 bridgehead atoms. The molecular weight excluding hydrogens is 351 g/mol. The molecule has 0 spiro atoms. The van der Waals surface area contributed by atoms with Crippen molar-refractivity contribution in [1.29, 1.82) is 0 Å². The first-order valence-corrected chi connectivity index (χ1v) is 9.11. The molecule has 142 valence electrons. The number of fused-ring (bicyclic) bond motifs is 1. The third-order valence-electron chi connectivity index (χ3n) is 4.90. The van der Waals surface area contributed by atoms with Gasteiger partial charge in [-0.25, -0.2) is 4.39 Å². The topological polar surface area (TPSA) is 76.5 Å². The highest BCUT2D eigenvalue weighted by atomic mass is 19.1. The van der Waals surface area contributed by atoms with Crippen molar-refractivity contribution in [3.8, 4) is 0 Å². The van der Waals surface area contributed by atoms with Crippen molar-refractivity contribution in [3.63, 3.8) is 0 Å². The van der Waals surface area contributed by atoms with Crippen molar-refractivity contribution in [1.82, 2.24) is 20.0 Å². The fourth-order valence-electron chi connectivity index (χ4n) is 3.41. The standard InChI is InChI=1S/C19H21FN4O3/c20-14-5-3-13(4-6-14)12-23-7-8-24-17(19(23)26)10-16(22-24)18(25)21-11-15-2-1-9-27-15/h3-6,10,15H,1-2,7-9,11-12H2,(H,21,25). The van der Waals surface area contributed by atoms with Gasteiger partial charge in [0.25, 0.3) is 11.8 Å². The zero-order valence-corrected chi connectivity index (χ0v) is 14.9. The second-order valence-electron chi connectivity index (χ2n) is 6.84. The Morgan fingerprint density at radius 1 is 1.30 bits per heavy atom. The summed E-state index contributed by atoms with van der Waals surface area (Å²) in [4.78, 5) is 26.7. The predicted molar refractivity (Wildman–Crippen MR) is 94.7 cm³/mol. The molecule has 1 fully saturated rings. The number of amides is 2. The third-order valence-corrected chi connectivity index (χ3v) is 4.90. The van der Waals surface area contributed by atoms with Crippen LogP contribution in [0.2, 0.25) is 0 Å². The van der Waals surface area contributed by atoms with Gasteiger partial charge in [0.2, 0.25) is 0 Å². The van der Waals surface area contributed by atoms with Crippen LogP contribution in [0.25, 0.3) is 0 Å². The Labute approximate surface area is 156 Å². The first-order valence-electron chi connectivity index (χ1n) is 9.11. The molecular formula is C19H21FN4O3. The van der Waals surface area contributed by atoms with Crippen LogP contribution in [0.5, 0.6) is 0 Å². The molecule has 2 aliphatic rings. The lowest BCUT2D eigenvalue weighted by atomic mass is 10.2. The van der Waals surface area contributed by atoms with Crippen LogP contribution in [0.1, 0.15) is 39.4 Å². The number of hydrogen-bond acceptors (Lipinski definition) is 4. The highest BCUT2D eigenvalue weighted by molar-refractivity contribution is 5.98. The van der Waals surface area contributed by atoms with Crippen molar-refractivity contribution in [2.45, 2.75) is 32.0 Å². The van der Waals surface area contributed by atoms with Crippen molar-refractivity contribution in [3.05, 3.63) is 53.1 Å². The Morgan fingerprint density at radius 2 is 2.11 bits per heavy atom. The third kappa shape index (κ3) is 3.85. The Morgan fingerprint density at radius 3 is 2.85 bits per heavy atom. The second-order valence-corrected chi connectivity index (χ2v) is 6.84. The average molecular weight is 372 g/mol. The van der Waals surface area contributed by atoms with Gasteiger partial charge in [0, 0.05) is 32.3 Å². The highest BCUT2D eigenvalue weighted by Crippen LogP contribution is 2.17. The summed E-state index contributed by atoms with van der Waals surface area (Å²) in [5.41, 5.74) is 1.48. The fourth-order valence-corrected chi connectivity index (χ4v) is 3.41. The summed E-state index contributed by atoms with van der Waals surface area (Å²) in [5, 5.41) is 7.09. The largest absolute Gasteiger partial charge is 0.376 e. The van der Waals surface area contributed by atoms with E-state index in [0.29, 0.717) is 31.9 Å². The number of nitrogens with one attached hydrogen (secondary N) is 1. The number of benzene rings is 1. The number of rotatable bonds is 5. The molecule has 8 heteroatoms. The minimum atomic E-state index is -0.305. The van der Waals surface area contributed by atoms with Crippen LogP contribution in [0.15, 0.2) is 30.3 Å². The number of halogens is 1. The summed E-state index contributed by atoms with van der Waals surface area (Å²) in [7, 11) is 0. The minimum Gasteiger partial charge on any atom is -0.376 e. The molecule has 4 rings (SSSR count). The van der Waals surface area contributed by atoms with Crippen LogP contribution in [-0.4, -0.2) is 52.3 Å². The van der Waals surface area contributed by atoms with E-state index in [1.165, 1.54) is 18.2 Å². The molecule has 0 radical (unpaired) electrons. The molecule has 1 saturated heterocycles. The van der Waals surface area contributed by atoms with Gasteiger partial charge in [-0.05, 0) is 30.5 Å². The lowest BCUT2D eigenvalue weighted by molar-refractivity contribution is 0.0683. The van der Waals surface area contributed by atoms with Gasteiger partial charge in [-0.1, -0.05) is 12.1 Å². The Kier molecular flexibility index (Phi) is 4.89. The summed E-state index contributed by atoms with van der Waals surface area (Å²) in [6.45, 7) is 2.58. The predicted octanol–water partition coefficient (Wildman–Crippen LogP) is 1.59. The molecule has 2 amide bonds. The van der Waals surface area contributed by atoms with Gasteiger partial charge in [0.15, 0.2) is 5.69 Å². The van der Waals surface area contributed by atoms with Gasteiger partial charge in [-0.3, -0.25) is 14.3 Å². The lowest BCUT2D eigenvalue weighted by Crippen LogP contribution is -2.39. The molecule has 2 aliphatic heterocycles. The maximum absolute atomic E-state index is 13.0. The minimum absolute atomic E-state index is 0.0547. The lowest BCUT2D eigenvalue weighted by Gasteiger charge is -2.27. The number of hydrogen-bond donors (Lipinski definition) is 1. The number of ether oxygens (including phenoxy) is 1. The quantitative estimate of drug-likeness (QED) is 0.865. The van der Waals surface area contributed by atoms with E-state index < -0.39 is 0 Å².